The minimum absolute atomic E-state index is 0.0637. The van der Waals surface area contributed by atoms with Crippen molar-refractivity contribution in [3.63, 3.8) is 0 Å². The highest BCUT2D eigenvalue weighted by Gasteiger charge is 2.29. The Hall–Kier alpha value is -2.51. The fourth-order valence-electron chi connectivity index (χ4n) is 6.43. The van der Waals surface area contributed by atoms with Gasteiger partial charge >= 0.3 is 6.61 Å². The third kappa shape index (κ3) is 5.99. The summed E-state index contributed by atoms with van der Waals surface area (Å²) in [6, 6.07) is 11.0. The molecule has 7 heteroatoms. The molecule has 2 saturated heterocycles. The number of ether oxygens (including phenoxy) is 1. The van der Waals surface area contributed by atoms with Crippen molar-refractivity contribution >= 4 is 10.9 Å². The van der Waals surface area contributed by atoms with E-state index in [0.717, 1.165) is 35.2 Å². The number of rotatable bonds is 8. The number of piperidine rings is 2. The number of halogens is 2. The van der Waals surface area contributed by atoms with Gasteiger partial charge in [-0.25, -0.2) is 4.98 Å². The Morgan fingerprint density at radius 1 is 1.03 bits per heavy atom. The smallest absolute Gasteiger partial charge is 0.388 e. The monoisotopic (exact) mass is 510 g/mol. The van der Waals surface area contributed by atoms with Gasteiger partial charge < -0.3 is 19.5 Å². The van der Waals surface area contributed by atoms with E-state index in [-0.39, 0.29) is 5.88 Å². The topological polar surface area (TPSA) is 44.4 Å². The number of aromatic amines is 1. The summed E-state index contributed by atoms with van der Waals surface area (Å²) >= 11 is 0. The molecule has 0 spiro atoms. The molecule has 5 nitrogen and oxygen atoms in total. The van der Waals surface area contributed by atoms with Crippen LogP contribution < -0.4 is 4.74 Å². The van der Waals surface area contributed by atoms with Crippen molar-refractivity contribution < 1.29 is 13.5 Å². The Labute approximate surface area is 219 Å². The summed E-state index contributed by atoms with van der Waals surface area (Å²) in [7, 11) is 0. The van der Waals surface area contributed by atoms with Crippen LogP contribution >= 0.6 is 0 Å². The van der Waals surface area contributed by atoms with Crippen molar-refractivity contribution in [1.82, 2.24) is 19.8 Å². The Bertz CT molecular complexity index is 1180. The van der Waals surface area contributed by atoms with Gasteiger partial charge in [0.1, 0.15) is 0 Å². The first-order valence-electron chi connectivity index (χ1n) is 13.9. The summed E-state index contributed by atoms with van der Waals surface area (Å²) in [6.45, 7) is 9.94. The Balaban J connectivity index is 1.27. The van der Waals surface area contributed by atoms with Gasteiger partial charge in [0.25, 0.3) is 0 Å². The van der Waals surface area contributed by atoms with Gasteiger partial charge in [0, 0.05) is 47.0 Å². The second-order valence-electron chi connectivity index (χ2n) is 11.1. The molecular weight excluding hydrogens is 470 g/mol. The molecule has 2 aromatic heterocycles. The van der Waals surface area contributed by atoms with Crippen LogP contribution in [0.3, 0.4) is 0 Å². The van der Waals surface area contributed by atoms with Crippen LogP contribution in [0.4, 0.5) is 8.78 Å². The number of H-pyrrole nitrogens is 1. The molecule has 5 rings (SSSR count). The largest absolute Gasteiger partial charge is 0.417 e. The molecule has 2 aliphatic rings. The van der Waals surface area contributed by atoms with Crippen molar-refractivity contribution in [2.75, 3.05) is 32.7 Å². The first kappa shape index (κ1) is 26.1. The molecule has 0 amide bonds. The molecule has 0 aliphatic carbocycles. The summed E-state index contributed by atoms with van der Waals surface area (Å²) in [6.07, 6.45) is 7.37. The third-order valence-electron chi connectivity index (χ3n) is 8.21. The molecule has 0 bridgehead atoms. The summed E-state index contributed by atoms with van der Waals surface area (Å²) in [4.78, 5) is 12.8. The van der Waals surface area contributed by atoms with E-state index in [0.29, 0.717) is 5.92 Å². The fourth-order valence-corrected chi connectivity index (χ4v) is 6.43. The zero-order valence-corrected chi connectivity index (χ0v) is 22.4. The van der Waals surface area contributed by atoms with Crippen LogP contribution in [0.2, 0.25) is 0 Å². The number of pyridine rings is 1. The SMILES string of the molecule is CCc1c(-c2ccnc(OC(F)F)c2)[nH]c2ccc(C3CCN(C4CCN(CC(C)C)CC4)CC3)cc12. The molecule has 0 saturated carbocycles. The summed E-state index contributed by atoms with van der Waals surface area (Å²) < 4.78 is 29.9. The fraction of sp³-hybridized carbons (Fsp3) is 0.567. The maximum Gasteiger partial charge on any atom is 0.388 e. The van der Waals surface area contributed by atoms with Gasteiger partial charge in [-0.2, -0.15) is 8.78 Å². The second kappa shape index (κ2) is 11.5. The lowest BCUT2D eigenvalue weighted by Gasteiger charge is -2.42. The molecule has 0 unspecified atom stereocenters. The zero-order valence-electron chi connectivity index (χ0n) is 22.4. The van der Waals surface area contributed by atoms with Crippen molar-refractivity contribution in [2.24, 2.45) is 5.92 Å². The number of aromatic nitrogens is 2. The summed E-state index contributed by atoms with van der Waals surface area (Å²) in [5, 5.41) is 1.23. The van der Waals surface area contributed by atoms with E-state index in [1.807, 2.05) is 6.07 Å². The molecule has 2 fully saturated rings. The normalized spacial score (nSPS) is 18.9. The number of alkyl halides is 2. The maximum absolute atomic E-state index is 12.7. The van der Waals surface area contributed by atoms with Crippen LogP contribution in [0.5, 0.6) is 5.88 Å². The van der Waals surface area contributed by atoms with Crippen LogP contribution in [-0.2, 0) is 6.42 Å². The quantitative estimate of drug-likeness (QED) is 0.367. The number of hydrogen-bond donors (Lipinski definition) is 1. The maximum atomic E-state index is 12.7. The van der Waals surface area contributed by atoms with Crippen LogP contribution in [0, 0.1) is 5.92 Å². The van der Waals surface area contributed by atoms with E-state index < -0.39 is 6.61 Å². The van der Waals surface area contributed by atoms with Crippen LogP contribution in [0.1, 0.15) is 63.5 Å². The lowest BCUT2D eigenvalue weighted by molar-refractivity contribution is -0.0528. The van der Waals surface area contributed by atoms with Crippen LogP contribution in [-0.4, -0.2) is 65.1 Å². The Morgan fingerprint density at radius 3 is 2.46 bits per heavy atom. The average molecular weight is 511 g/mol. The van der Waals surface area contributed by atoms with Gasteiger partial charge in [0.15, 0.2) is 0 Å². The molecule has 1 aromatic carbocycles. The van der Waals surface area contributed by atoms with Gasteiger partial charge in [-0.05, 0) is 99.4 Å². The highest BCUT2D eigenvalue weighted by molar-refractivity contribution is 5.91. The molecule has 4 heterocycles. The molecule has 1 N–H and O–H groups in total. The van der Waals surface area contributed by atoms with Gasteiger partial charge in [-0.3, -0.25) is 0 Å². The second-order valence-corrected chi connectivity index (χ2v) is 11.1. The minimum Gasteiger partial charge on any atom is -0.417 e. The minimum atomic E-state index is -2.89. The van der Waals surface area contributed by atoms with Crippen molar-refractivity contribution in [1.29, 1.82) is 0 Å². The van der Waals surface area contributed by atoms with Gasteiger partial charge in [-0.1, -0.05) is 26.8 Å². The number of nitrogens with zero attached hydrogens (tertiary/aromatic N) is 3. The Kier molecular flexibility index (Phi) is 8.10. The van der Waals surface area contributed by atoms with Gasteiger partial charge in [-0.15, -0.1) is 0 Å². The van der Waals surface area contributed by atoms with Crippen molar-refractivity contribution in [3.05, 3.63) is 47.7 Å². The highest BCUT2D eigenvalue weighted by Crippen LogP contribution is 2.36. The number of fused-ring (bicyclic) bond motifs is 1. The Morgan fingerprint density at radius 2 is 1.78 bits per heavy atom. The van der Waals surface area contributed by atoms with E-state index in [1.165, 1.54) is 81.1 Å². The van der Waals surface area contributed by atoms with Crippen molar-refractivity contribution in [2.45, 2.75) is 71.4 Å². The zero-order chi connectivity index (χ0) is 25.9. The third-order valence-corrected chi connectivity index (χ3v) is 8.21. The molecule has 0 radical (unpaired) electrons. The molecule has 2 aliphatic heterocycles. The lowest BCUT2D eigenvalue weighted by Crippen LogP contribution is -2.48. The van der Waals surface area contributed by atoms with Gasteiger partial charge in [0.05, 0.1) is 0 Å². The molecule has 200 valence electrons. The van der Waals surface area contributed by atoms with Gasteiger partial charge in [0.2, 0.25) is 5.88 Å². The van der Waals surface area contributed by atoms with E-state index in [9.17, 15) is 8.78 Å². The van der Waals surface area contributed by atoms with E-state index in [4.69, 9.17) is 0 Å². The van der Waals surface area contributed by atoms with Crippen LogP contribution in [0.25, 0.3) is 22.2 Å². The number of aryl methyl sites for hydroxylation is 1. The predicted molar refractivity (Wildman–Crippen MR) is 145 cm³/mol. The predicted octanol–water partition coefficient (Wildman–Crippen LogP) is 6.69. The molecular formula is C30H40F2N4O. The summed E-state index contributed by atoms with van der Waals surface area (Å²) in [5.41, 5.74) is 5.46. The molecule has 3 aromatic rings. The number of benzene rings is 1. The number of hydrogen-bond acceptors (Lipinski definition) is 4. The number of likely N-dealkylation sites (tertiary alicyclic amines) is 2. The highest BCUT2D eigenvalue weighted by atomic mass is 19.3. The van der Waals surface area contributed by atoms with E-state index in [2.05, 4.69) is 63.5 Å². The average Bonchev–Trinajstić information content (AvgIpc) is 3.27. The van der Waals surface area contributed by atoms with E-state index >= 15 is 0 Å². The van der Waals surface area contributed by atoms with E-state index in [1.54, 1.807) is 6.07 Å². The first-order chi connectivity index (χ1) is 17.9. The van der Waals surface area contributed by atoms with Crippen LogP contribution in [0.15, 0.2) is 36.5 Å². The van der Waals surface area contributed by atoms with Crippen molar-refractivity contribution in [3.8, 4) is 17.1 Å². The lowest BCUT2D eigenvalue weighted by atomic mass is 9.87. The first-order valence-corrected chi connectivity index (χ1v) is 13.9. The number of nitrogens with one attached hydrogen (secondary N) is 1. The molecule has 0 atom stereocenters. The summed E-state index contributed by atoms with van der Waals surface area (Å²) in [5.74, 6) is 1.26. The standard InChI is InChI=1S/C30H40F2N4O/c1-4-25-26-17-22(5-6-27(26)34-29(25)23-7-12-33-28(18-23)37-30(31)32)21-8-15-36(16-9-21)24-10-13-35(14-11-24)19-20(2)3/h5-7,12,17-18,20-21,24,30,34H,4,8-11,13-16,19H2,1-3H3. The molecule has 37 heavy (non-hydrogen) atoms.